The van der Waals surface area contributed by atoms with Crippen molar-refractivity contribution in [3.8, 4) is 28.6 Å². The van der Waals surface area contributed by atoms with Gasteiger partial charge in [-0.2, -0.15) is 0 Å². The number of aromatic hydroxyl groups is 1. The molecule has 0 amide bonds. The largest absolute Gasteiger partial charge is 0.507 e. The standard InChI is InChI=1S/C23H19N3O2/c1-28-19-11-7-8-17(16-19)14-15-22-24-23(20-12-5-6-13-21(20)27)26(25-22)18-9-3-2-4-10-18/h2-16,27H,1H3/b15-14+. The second kappa shape index (κ2) is 7.80. The summed E-state index contributed by atoms with van der Waals surface area (Å²) in [5, 5.41) is 14.9. The number of nitrogens with zero attached hydrogens (tertiary/aromatic N) is 3. The lowest BCUT2D eigenvalue weighted by molar-refractivity contribution is 0.414. The van der Waals surface area contributed by atoms with Gasteiger partial charge in [-0.3, -0.25) is 0 Å². The van der Waals surface area contributed by atoms with Gasteiger partial charge in [0.2, 0.25) is 0 Å². The molecule has 0 unspecified atom stereocenters. The number of para-hydroxylation sites is 2. The van der Waals surface area contributed by atoms with Crippen molar-refractivity contribution in [1.82, 2.24) is 14.8 Å². The smallest absolute Gasteiger partial charge is 0.175 e. The number of methoxy groups -OCH3 is 1. The second-order valence-corrected chi connectivity index (χ2v) is 6.17. The maximum absolute atomic E-state index is 10.3. The third kappa shape index (κ3) is 3.64. The highest BCUT2D eigenvalue weighted by Gasteiger charge is 2.15. The summed E-state index contributed by atoms with van der Waals surface area (Å²) in [6, 6.07) is 24.6. The fourth-order valence-corrected chi connectivity index (χ4v) is 2.90. The zero-order valence-corrected chi connectivity index (χ0v) is 15.4. The van der Waals surface area contributed by atoms with Crippen molar-refractivity contribution in [2.24, 2.45) is 0 Å². The fourth-order valence-electron chi connectivity index (χ4n) is 2.90. The summed E-state index contributed by atoms with van der Waals surface area (Å²) < 4.78 is 7.00. The molecule has 0 spiro atoms. The van der Waals surface area contributed by atoms with Gasteiger partial charge < -0.3 is 9.84 Å². The van der Waals surface area contributed by atoms with Crippen LogP contribution in [0.3, 0.4) is 0 Å². The van der Waals surface area contributed by atoms with Crippen LogP contribution in [0.1, 0.15) is 11.4 Å². The van der Waals surface area contributed by atoms with E-state index < -0.39 is 0 Å². The summed E-state index contributed by atoms with van der Waals surface area (Å²) in [6.07, 6.45) is 3.78. The van der Waals surface area contributed by atoms with Gasteiger partial charge in [-0.25, -0.2) is 9.67 Å². The highest BCUT2D eigenvalue weighted by molar-refractivity contribution is 5.70. The van der Waals surface area contributed by atoms with Crippen LogP contribution in [0.4, 0.5) is 0 Å². The molecule has 4 rings (SSSR count). The average molecular weight is 369 g/mol. The molecule has 4 aromatic rings. The van der Waals surface area contributed by atoms with Gasteiger partial charge in [0.05, 0.1) is 18.4 Å². The highest BCUT2D eigenvalue weighted by Crippen LogP contribution is 2.29. The number of hydrogen-bond donors (Lipinski definition) is 1. The summed E-state index contributed by atoms with van der Waals surface area (Å²) >= 11 is 0. The molecule has 0 fully saturated rings. The van der Waals surface area contributed by atoms with Gasteiger partial charge in [-0.05, 0) is 48.0 Å². The van der Waals surface area contributed by atoms with Gasteiger partial charge in [0.15, 0.2) is 11.6 Å². The van der Waals surface area contributed by atoms with E-state index in [1.165, 1.54) is 0 Å². The van der Waals surface area contributed by atoms with Crippen LogP contribution in [0.5, 0.6) is 11.5 Å². The number of ether oxygens (including phenoxy) is 1. The molecule has 138 valence electrons. The summed E-state index contributed by atoms with van der Waals surface area (Å²) in [5.41, 5.74) is 2.48. The van der Waals surface area contributed by atoms with E-state index in [2.05, 4.69) is 10.1 Å². The number of phenolic OH excluding ortho intramolecular Hbond substituents is 1. The third-order valence-electron chi connectivity index (χ3n) is 4.29. The maximum Gasteiger partial charge on any atom is 0.175 e. The van der Waals surface area contributed by atoms with E-state index in [4.69, 9.17) is 4.74 Å². The quantitative estimate of drug-likeness (QED) is 0.548. The zero-order chi connectivity index (χ0) is 19.3. The van der Waals surface area contributed by atoms with Crippen molar-refractivity contribution in [2.45, 2.75) is 0 Å². The molecule has 0 saturated carbocycles. The van der Waals surface area contributed by atoms with Crippen molar-refractivity contribution >= 4 is 12.2 Å². The average Bonchev–Trinajstić information content (AvgIpc) is 3.17. The molecule has 0 aliphatic heterocycles. The van der Waals surface area contributed by atoms with E-state index >= 15 is 0 Å². The predicted molar refractivity (Wildman–Crippen MR) is 110 cm³/mol. The molecular formula is C23H19N3O2. The Hall–Kier alpha value is -3.86. The number of rotatable bonds is 5. The molecule has 1 heterocycles. The van der Waals surface area contributed by atoms with Crippen LogP contribution < -0.4 is 4.74 Å². The topological polar surface area (TPSA) is 60.2 Å². The Morgan fingerprint density at radius 1 is 0.893 bits per heavy atom. The summed E-state index contributed by atoms with van der Waals surface area (Å²) in [4.78, 5) is 4.65. The monoisotopic (exact) mass is 369 g/mol. The maximum atomic E-state index is 10.3. The molecule has 5 nitrogen and oxygen atoms in total. The number of phenols is 1. The second-order valence-electron chi connectivity index (χ2n) is 6.17. The molecule has 0 aliphatic rings. The number of benzene rings is 3. The van der Waals surface area contributed by atoms with Crippen LogP contribution in [-0.2, 0) is 0 Å². The SMILES string of the molecule is COc1cccc(/C=C/c2nc(-c3ccccc3O)n(-c3ccccc3)n2)c1. The van der Waals surface area contributed by atoms with E-state index in [1.54, 1.807) is 23.9 Å². The predicted octanol–water partition coefficient (Wildman–Crippen LogP) is 4.82. The lowest BCUT2D eigenvalue weighted by Gasteiger charge is -2.06. The minimum atomic E-state index is 0.162. The minimum Gasteiger partial charge on any atom is -0.507 e. The highest BCUT2D eigenvalue weighted by atomic mass is 16.5. The summed E-state index contributed by atoms with van der Waals surface area (Å²) in [7, 11) is 1.64. The van der Waals surface area contributed by atoms with Crippen LogP contribution >= 0.6 is 0 Å². The van der Waals surface area contributed by atoms with Crippen molar-refractivity contribution in [3.63, 3.8) is 0 Å². The van der Waals surface area contributed by atoms with Gasteiger partial charge in [0, 0.05) is 0 Å². The lowest BCUT2D eigenvalue weighted by atomic mass is 10.2. The Bertz CT molecular complexity index is 1120. The first-order valence-corrected chi connectivity index (χ1v) is 8.87. The van der Waals surface area contributed by atoms with E-state index in [1.807, 2.05) is 78.9 Å². The first kappa shape index (κ1) is 17.5. The normalized spacial score (nSPS) is 11.0. The fraction of sp³-hybridized carbons (Fsp3) is 0.0435. The first-order valence-electron chi connectivity index (χ1n) is 8.87. The van der Waals surface area contributed by atoms with E-state index in [0.29, 0.717) is 17.2 Å². The Balaban J connectivity index is 1.77. The Kier molecular flexibility index (Phi) is 4.89. The van der Waals surface area contributed by atoms with Crippen molar-refractivity contribution < 1.29 is 9.84 Å². The molecule has 0 atom stereocenters. The zero-order valence-electron chi connectivity index (χ0n) is 15.4. The van der Waals surface area contributed by atoms with Crippen LogP contribution in [0.15, 0.2) is 78.9 Å². The molecule has 1 N–H and O–H groups in total. The van der Waals surface area contributed by atoms with E-state index in [9.17, 15) is 5.11 Å². The van der Waals surface area contributed by atoms with Gasteiger partial charge >= 0.3 is 0 Å². The number of hydrogen-bond acceptors (Lipinski definition) is 4. The van der Waals surface area contributed by atoms with Crippen molar-refractivity contribution in [1.29, 1.82) is 0 Å². The Morgan fingerprint density at radius 3 is 2.46 bits per heavy atom. The van der Waals surface area contributed by atoms with Gasteiger partial charge in [-0.1, -0.05) is 48.5 Å². The van der Waals surface area contributed by atoms with Gasteiger partial charge in [0.1, 0.15) is 11.5 Å². The van der Waals surface area contributed by atoms with Crippen molar-refractivity contribution in [2.75, 3.05) is 7.11 Å². The molecular weight excluding hydrogens is 350 g/mol. The van der Waals surface area contributed by atoms with Crippen LogP contribution in [0, 0.1) is 0 Å². The van der Waals surface area contributed by atoms with Crippen LogP contribution in [-0.4, -0.2) is 27.0 Å². The molecule has 0 radical (unpaired) electrons. The lowest BCUT2D eigenvalue weighted by Crippen LogP contribution is -1.99. The molecule has 1 aromatic heterocycles. The molecule has 28 heavy (non-hydrogen) atoms. The first-order chi connectivity index (χ1) is 13.7. The molecule has 0 aliphatic carbocycles. The van der Waals surface area contributed by atoms with E-state index in [0.717, 1.165) is 17.0 Å². The van der Waals surface area contributed by atoms with Gasteiger partial charge in [-0.15, -0.1) is 5.10 Å². The minimum absolute atomic E-state index is 0.162. The third-order valence-corrected chi connectivity index (χ3v) is 4.29. The Labute approximate surface area is 163 Å². The van der Waals surface area contributed by atoms with Crippen LogP contribution in [0.2, 0.25) is 0 Å². The Morgan fingerprint density at radius 2 is 1.68 bits per heavy atom. The van der Waals surface area contributed by atoms with Crippen LogP contribution in [0.25, 0.3) is 29.2 Å². The van der Waals surface area contributed by atoms with E-state index in [-0.39, 0.29) is 5.75 Å². The summed E-state index contributed by atoms with van der Waals surface area (Å²) in [6.45, 7) is 0. The number of aromatic nitrogens is 3. The summed E-state index contributed by atoms with van der Waals surface area (Å²) in [5.74, 6) is 2.08. The van der Waals surface area contributed by atoms with Crippen molar-refractivity contribution in [3.05, 3.63) is 90.3 Å². The molecule has 5 heteroatoms. The molecule has 0 bridgehead atoms. The molecule has 0 saturated heterocycles. The molecule has 3 aromatic carbocycles. The van der Waals surface area contributed by atoms with Gasteiger partial charge in [0.25, 0.3) is 0 Å².